The van der Waals surface area contributed by atoms with Gasteiger partial charge in [-0.15, -0.1) is 0 Å². The third-order valence-corrected chi connectivity index (χ3v) is 2.70. The quantitative estimate of drug-likeness (QED) is 0.669. The molecule has 0 aromatic carbocycles. The molecule has 1 aliphatic carbocycles. The van der Waals surface area contributed by atoms with Crippen LogP contribution in [0.1, 0.15) is 30.1 Å². The van der Waals surface area contributed by atoms with E-state index in [0.29, 0.717) is 5.92 Å². The SMILES string of the molecule is Cn1cnc2c1C(CN)CCC2. The fourth-order valence-electron chi connectivity index (χ4n) is 2.09. The zero-order valence-electron chi connectivity index (χ0n) is 7.45. The molecule has 1 atom stereocenters. The molecule has 66 valence electrons. The van der Waals surface area contributed by atoms with Crippen LogP contribution in [0.3, 0.4) is 0 Å². The Labute approximate surface area is 72.6 Å². The molecule has 0 saturated heterocycles. The van der Waals surface area contributed by atoms with E-state index in [0.717, 1.165) is 13.0 Å². The molecular formula is C9H15N3. The number of nitrogens with zero attached hydrogens (tertiary/aromatic N) is 2. The Bertz CT molecular complexity index is 277. The van der Waals surface area contributed by atoms with Crippen LogP contribution in [0.15, 0.2) is 6.33 Å². The summed E-state index contributed by atoms with van der Waals surface area (Å²) in [6, 6.07) is 0. The van der Waals surface area contributed by atoms with E-state index in [9.17, 15) is 0 Å². The molecule has 12 heavy (non-hydrogen) atoms. The number of fused-ring (bicyclic) bond motifs is 1. The Morgan fingerprint density at radius 2 is 2.58 bits per heavy atom. The van der Waals surface area contributed by atoms with Gasteiger partial charge < -0.3 is 10.3 Å². The Morgan fingerprint density at radius 3 is 3.33 bits per heavy atom. The number of imidazole rings is 1. The van der Waals surface area contributed by atoms with Crippen LogP contribution < -0.4 is 5.73 Å². The number of hydrogen-bond acceptors (Lipinski definition) is 2. The van der Waals surface area contributed by atoms with Crippen LogP contribution in [0.4, 0.5) is 0 Å². The first-order valence-electron chi connectivity index (χ1n) is 4.53. The fourth-order valence-corrected chi connectivity index (χ4v) is 2.09. The molecule has 1 unspecified atom stereocenters. The summed E-state index contributed by atoms with van der Waals surface area (Å²) in [6.45, 7) is 0.756. The monoisotopic (exact) mass is 165 g/mol. The predicted octanol–water partition coefficient (Wildman–Crippen LogP) is 0.799. The molecule has 0 spiro atoms. The molecule has 1 aromatic heterocycles. The van der Waals surface area contributed by atoms with Gasteiger partial charge in [0.2, 0.25) is 0 Å². The second-order valence-corrected chi connectivity index (χ2v) is 3.51. The first-order chi connectivity index (χ1) is 5.83. The minimum Gasteiger partial charge on any atom is -0.337 e. The van der Waals surface area contributed by atoms with E-state index in [1.165, 1.54) is 24.2 Å². The maximum atomic E-state index is 5.71. The van der Waals surface area contributed by atoms with Crippen molar-refractivity contribution in [2.24, 2.45) is 12.8 Å². The zero-order valence-corrected chi connectivity index (χ0v) is 7.45. The molecule has 0 fully saturated rings. The van der Waals surface area contributed by atoms with Crippen molar-refractivity contribution in [1.82, 2.24) is 9.55 Å². The lowest BCUT2D eigenvalue weighted by Crippen LogP contribution is -2.20. The molecule has 2 N–H and O–H groups in total. The molecular weight excluding hydrogens is 150 g/mol. The lowest BCUT2D eigenvalue weighted by Gasteiger charge is -2.21. The highest BCUT2D eigenvalue weighted by atomic mass is 15.0. The minimum atomic E-state index is 0.543. The summed E-state index contributed by atoms with van der Waals surface area (Å²) in [5.74, 6) is 0.543. The van der Waals surface area contributed by atoms with Gasteiger partial charge in [-0.05, 0) is 19.3 Å². The van der Waals surface area contributed by atoms with Crippen LogP contribution in [0.2, 0.25) is 0 Å². The molecule has 0 amide bonds. The van der Waals surface area contributed by atoms with E-state index < -0.39 is 0 Å². The van der Waals surface area contributed by atoms with Crippen molar-refractivity contribution in [3.8, 4) is 0 Å². The molecule has 3 nitrogen and oxygen atoms in total. The van der Waals surface area contributed by atoms with E-state index in [1.807, 2.05) is 6.33 Å². The number of aromatic nitrogens is 2. The van der Waals surface area contributed by atoms with Crippen LogP contribution in [0.5, 0.6) is 0 Å². The van der Waals surface area contributed by atoms with E-state index in [1.54, 1.807) is 0 Å². The van der Waals surface area contributed by atoms with E-state index in [4.69, 9.17) is 5.73 Å². The van der Waals surface area contributed by atoms with Gasteiger partial charge in [0, 0.05) is 25.2 Å². The number of rotatable bonds is 1. The minimum absolute atomic E-state index is 0.543. The lowest BCUT2D eigenvalue weighted by molar-refractivity contribution is 0.528. The van der Waals surface area contributed by atoms with Crippen LogP contribution in [-0.4, -0.2) is 16.1 Å². The number of aryl methyl sites for hydroxylation is 2. The fraction of sp³-hybridized carbons (Fsp3) is 0.667. The Balaban J connectivity index is 2.41. The van der Waals surface area contributed by atoms with E-state index in [-0.39, 0.29) is 0 Å². The third-order valence-electron chi connectivity index (χ3n) is 2.70. The van der Waals surface area contributed by atoms with Crippen molar-refractivity contribution in [2.45, 2.75) is 25.2 Å². The van der Waals surface area contributed by atoms with Gasteiger partial charge in [0.25, 0.3) is 0 Å². The van der Waals surface area contributed by atoms with Gasteiger partial charge in [-0.2, -0.15) is 0 Å². The van der Waals surface area contributed by atoms with Crippen molar-refractivity contribution in [1.29, 1.82) is 0 Å². The summed E-state index contributed by atoms with van der Waals surface area (Å²) >= 11 is 0. The van der Waals surface area contributed by atoms with E-state index >= 15 is 0 Å². The molecule has 0 bridgehead atoms. The molecule has 1 aliphatic rings. The summed E-state index contributed by atoms with van der Waals surface area (Å²) < 4.78 is 2.12. The Kier molecular flexibility index (Phi) is 1.89. The topological polar surface area (TPSA) is 43.8 Å². The summed E-state index contributed by atoms with van der Waals surface area (Å²) in [5.41, 5.74) is 8.33. The van der Waals surface area contributed by atoms with Gasteiger partial charge in [0.1, 0.15) is 0 Å². The number of nitrogens with two attached hydrogens (primary N) is 1. The van der Waals surface area contributed by atoms with Crippen molar-refractivity contribution >= 4 is 0 Å². The first-order valence-corrected chi connectivity index (χ1v) is 4.53. The molecule has 2 rings (SSSR count). The highest BCUT2D eigenvalue weighted by molar-refractivity contribution is 5.21. The predicted molar refractivity (Wildman–Crippen MR) is 47.9 cm³/mol. The van der Waals surface area contributed by atoms with Crippen LogP contribution in [0, 0.1) is 0 Å². The lowest BCUT2D eigenvalue weighted by atomic mass is 9.90. The summed E-state index contributed by atoms with van der Waals surface area (Å²) in [7, 11) is 2.06. The summed E-state index contributed by atoms with van der Waals surface area (Å²) in [5, 5.41) is 0. The summed E-state index contributed by atoms with van der Waals surface area (Å²) in [6.07, 6.45) is 5.50. The van der Waals surface area contributed by atoms with Crippen molar-refractivity contribution in [3.63, 3.8) is 0 Å². The second kappa shape index (κ2) is 2.90. The van der Waals surface area contributed by atoms with Crippen LogP contribution in [-0.2, 0) is 13.5 Å². The summed E-state index contributed by atoms with van der Waals surface area (Å²) in [4.78, 5) is 4.36. The average Bonchev–Trinajstić information content (AvgIpc) is 2.48. The van der Waals surface area contributed by atoms with Crippen molar-refractivity contribution in [2.75, 3.05) is 6.54 Å². The third kappa shape index (κ3) is 1.05. The standard InChI is InChI=1S/C9H15N3/c1-12-6-11-8-4-2-3-7(5-10)9(8)12/h6-7H,2-5,10H2,1H3. The first kappa shape index (κ1) is 7.80. The Hall–Kier alpha value is -0.830. The van der Waals surface area contributed by atoms with Gasteiger partial charge in [0.15, 0.2) is 0 Å². The highest BCUT2D eigenvalue weighted by Crippen LogP contribution is 2.29. The molecule has 3 heteroatoms. The van der Waals surface area contributed by atoms with Crippen LogP contribution in [0.25, 0.3) is 0 Å². The maximum Gasteiger partial charge on any atom is 0.0949 e. The van der Waals surface area contributed by atoms with Gasteiger partial charge >= 0.3 is 0 Å². The molecule has 0 radical (unpaired) electrons. The van der Waals surface area contributed by atoms with Gasteiger partial charge in [0.05, 0.1) is 12.0 Å². The molecule has 1 heterocycles. The van der Waals surface area contributed by atoms with Crippen molar-refractivity contribution < 1.29 is 0 Å². The normalized spacial score (nSPS) is 22.3. The molecule has 1 aromatic rings. The second-order valence-electron chi connectivity index (χ2n) is 3.51. The number of hydrogen-bond donors (Lipinski definition) is 1. The van der Waals surface area contributed by atoms with Crippen molar-refractivity contribution in [3.05, 3.63) is 17.7 Å². The zero-order chi connectivity index (χ0) is 8.55. The maximum absolute atomic E-state index is 5.71. The van der Waals surface area contributed by atoms with Gasteiger partial charge in [-0.3, -0.25) is 0 Å². The smallest absolute Gasteiger partial charge is 0.0949 e. The molecule has 0 aliphatic heterocycles. The average molecular weight is 165 g/mol. The Morgan fingerprint density at radius 1 is 1.75 bits per heavy atom. The molecule has 0 saturated carbocycles. The van der Waals surface area contributed by atoms with Gasteiger partial charge in [-0.1, -0.05) is 0 Å². The van der Waals surface area contributed by atoms with Crippen LogP contribution >= 0.6 is 0 Å². The highest BCUT2D eigenvalue weighted by Gasteiger charge is 2.22. The van der Waals surface area contributed by atoms with E-state index in [2.05, 4.69) is 16.6 Å². The van der Waals surface area contributed by atoms with Gasteiger partial charge in [-0.25, -0.2) is 4.98 Å². The largest absolute Gasteiger partial charge is 0.337 e.